The lowest BCUT2D eigenvalue weighted by Gasteiger charge is -2.38. The second-order valence-electron chi connectivity index (χ2n) is 6.93. The van der Waals surface area contributed by atoms with Crippen molar-refractivity contribution in [2.24, 2.45) is 4.99 Å². The van der Waals surface area contributed by atoms with Crippen LogP contribution in [-0.2, 0) is 14.9 Å². The summed E-state index contributed by atoms with van der Waals surface area (Å²) in [5.41, 5.74) is 1.50. The van der Waals surface area contributed by atoms with Crippen LogP contribution in [-0.4, -0.2) is 52.5 Å². The maximum atomic E-state index is 5.61. The van der Waals surface area contributed by atoms with E-state index in [1.165, 1.54) is 12.0 Å². The summed E-state index contributed by atoms with van der Waals surface area (Å²) >= 11 is 0. The Kier molecular flexibility index (Phi) is 9.50. The molecule has 2 rings (SSSR count). The molecule has 5 heteroatoms. The number of aliphatic imine (C=N–C) groups is 1. The zero-order chi connectivity index (χ0) is 18.5. The predicted molar refractivity (Wildman–Crippen MR) is 108 cm³/mol. The highest BCUT2D eigenvalue weighted by atomic mass is 16.5. The molecule has 0 aliphatic carbocycles. The molecule has 1 heterocycles. The molecule has 26 heavy (non-hydrogen) atoms. The van der Waals surface area contributed by atoms with Gasteiger partial charge in [-0.25, -0.2) is 0 Å². The summed E-state index contributed by atoms with van der Waals surface area (Å²) in [5.74, 6) is 0.861. The molecule has 0 unspecified atom stereocenters. The van der Waals surface area contributed by atoms with E-state index in [1.807, 2.05) is 7.05 Å². The standard InChI is InChI=1S/C21H35N3O2/c1-3-4-14-25-15-8-13-23-20(22-2)24-18-21(11-16-26-17-12-21)19-9-6-5-7-10-19/h5-7,9-10H,3-4,8,11-18H2,1-2H3,(H2,22,23,24). The summed E-state index contributed by atoms with van der Waals surface area (Å²) in [6.45, 7) is 7.22. The quantitative estimate of drug-likeness (QED) is 0.382. The molecular formula is C21H35N3O2. The third-order valence-electron chi connectivity index (χ3n) is 5.05. The molecule has 1 saturated heterocycles. The van der Waals surface area contributed by atoms with E-state index in [9.17, 15) is 0 Å². The van der Waals surface area contributed by atoms with Crippen molar-refractivity contribution >= 4 is 5.96 Å². The number of hydrogen-bond acceptors (Lipinski definition) is 3. The molecule has 2 N–H and O–H groups in total. The fourth-order valence-corrected chi connectivity index (χ4v) is 3.32. The van der Waals surface area contributed by atoms with E-state index < -0.39 is 0 Å². The third-order valence-corrected chi connectivity index (χ3v) is 5.05. The van der Waals surface area contributed by atoms with Gasteiger partial charge in [0.25, 0.3) is 0 Å². The highest BCUT2D eigenvalue weighted by molar-refractivity contribution is 5.79. The van der Waals surface area contributed by atoms with Crippen LogP contribution in [0, 0.1) is 0 Å². The van der Waals surface area contributed by atoms with Gasteiger partial charge in [-0.3, -0.25) is 4.99 Å². The van der Waals surface area contributed by atoms with Gasteiger partial charge in [0, 0.05) is 52.0 Å². The Labute approximate surface area is 158 Å². The fourth-order valence-electron chi connectivity index (χ4n) is 3.32. The van der Waals surface area contributed by atoms with Crippen LogP contribution in [0.25, 0.3) is 0 Å². The van der Waals surface area contributed by atoms with Crippen LogP contribution in [0.3, 0.4) is 0 Å². The van der Waals surface area contributed by atoms with Gasteiger partial charge in [0.05, 0.1) is 0 Å². The van der Waals surface area contributed by atoms with E-state index in [-0.39, 0.29) is 5.41 Å². The van der Waals surface area contributed by atoms with Crippen LogP contribution in [0.1, 0.15) is 44.6 Å². The summed E-state index contributed by atoms with van der Waals surface area (Å²) in [4.78, 5) is 4.37. The van der Waals surface area contributed by atoms with Crippen molar-refractivity contribution in [3.8, 4) is 0 Å². The predicted octanol–water partition coefficient (Wildman–Crippen LogP) is 3.11. The summed E-state index contributed by atoms with van der Waals surface area (Å²) < 4.78 is 11.2. The molecule has 0 radical (unpaired) electrons. The van der Waals surface area contributed by atoms with E-state index in [2.05, 4.69) is 52.9 Å². The molecule has 1 fully saturated rings. The first-order chi connectivity index (χ1) is 12.8. The second kappa shape index (κ2) is 11.9. The molecule has 0 saturated carbocycles. The number of ether oxygens (including phenoxy) is 2. The van der Waals surface area contributed by atoms with Gasteiger partial charge in [0.15, 0.2) is 5.96 Å². The Morgan fingerprint density at radius 3 is 2.54 bits per heavy atom. The van der Waals surface area contributed by atoms with Gasteiger partial charge in [-0.1, -0.05) is 43.7 Å². The Morgan fingerprint density at radius 1 is 1.12 bits per heavy atom. The Bertz CT molecular complexity index is 513. The van der Waals surface area contributed by atoms with Crippen molar-refractivity contribution in [3.05, 3.63) is 35.9 Å². The summed E-state index contributed by atoms with van der Waals surface area (Å²) in [5, 5.41) is 6.93. The van der Waals surface area contributed by atoms with E-state index >= 15 is 0 Å². The molecule has 1 aliphatic rings. The number of rotatable bonds is 10. The lowest BCUT2D eigenvalue weighted by atomic mass is 9.74. The average molecular weight is 362 g/mol. The monoisotopic (exact) mass is 361 g/mol. The van der Waals surface area contributed by atoms with Crippen molar-refractivity contribution in [1.29, 1.82) is 0 Å². The molecule has 0 amide bonds. The lowest BCUT2D eigenvalue weighted by Crippen LogP contribution is -2.48. The minimum Gasteiger partial charge on any atom is -0.381 e. The van der Waals surface area contributed by atoms with Gasteiger partial charge in [-0.15, -0.1) is 0 Å². The molecular weight excluding hydrogens is 326 g/mol. The van der Waals surface area contributed by atoms with Gasteiger partial charge in [-0.05, 0) is 31.2 Å². The van der Waals surface area contributed by atoms with Crippen LogP contribution in [0.2, 0.25) is 0 Å². The maximum Gasteiger partial charge on any atom is 0.191 e. The maximum absolute atomic E-state index is 5.61. The third kappa shape index (κ3) is 6.61. The Morgan fingerprint density at radius 2 is 1.85 bits per heavy atom. The molecule has 0 atom stereocenters. The molecule has 1 aliphatic heterocycles. The molecule has 0 bridgehead atoms. The van der Waals surface area contributed by atoms with Gasteiger partial charge in [0.2, 0.25) is 0 Å². The Hall–Kier alpha value is -1.59. The normalized spacial score (nSPS) is 17.1. The Balaban J connectivity index is 1.79. The number of benzene rings is 1. The van der Waals surface area contributed by atoms with Gasteiger partial charge in [0.1, 0.15) is 0 Å². The zero-order valence-corrected chi connectivity index (χ0v) is 16.4. The summed E-state index contributed by atoms with van der Waals surface area (Å²) in [6, 6.07) is 10.8. The van der Waals surface area contributed by atoms with Crippen LogP contribution in [0.15, 0.2) is 35.3 Å². The average Bonchev–Trinajstić information content (AvgIpc) is 2.71. The first-order valence-corrected chi connectivity index (χ1v) is 9.96. The van der Waals surface area contributed by atoms with Crippen LogP contribution >= 0.6 is 0 Å². The molecule has 5 nitrogen and oxygen atoms in total. The zero-order valence-electron chi connectivity index (χ0n) is 16.4. The molecule has 0 aromatic heterocycles. The van der Waals surface area contributed by atoms with Crippen LogP contribution in [0.5, 0.6) is 0 Å². The second-order valence-corrected chi connectivity index (χ2v) is 6.93. The fraction of sp³-hybridized carbons (Fsp3) is 0.667. The van der Waals surface area contributed by atoms with E-state index in [0.29, 0.717) is 0 Å². The first-order valence-electron chi connectivity index (χ1n) is 9.96. The van der Waals surface area contributed by atoms with Crippen molar-refractivity contribution in [3.63, 3.8) is 0 Å². The van der Waals surface area contributed by atoms with Gasteiger partial charge < -0.3 is 20.1 Å². The van der Waals surface area contributed by atoms with Gasteiger partial charge in [-0.2, -0.15) is 0 Å². The number of hydrogen-bond donors (Lipinski definition) is 2. The first kappa shape index (κ1) is 20.7. The van der Waals surface area contributed by atoms with Crippen molar-refractivity contribution in [2.75, 3.05) is 46.6 Å². The molecule has 0 spiro atoms. The minimum atomic E-state index is 0.112. The summed E-state index contributed by atoms with van der Waals surface area (Å²) in [7, 11) is 1.83. The van der Waals surface area contributed by atoms with E-state index in [0.717, 1.165) is 71.2 Å². The van der Waals surface area contributed by atoms with Crippen molar-refractivity contribution < 1.29 is 9.47 Å². The van der Waals surface area contributed by atoms with Crippen LogP contribution < -0.4 is 10.6 Å². The van der Waals surface area contributed by atoms with Gasteiger partial charge >= 0.3 is 0 Å². The molecule has 146 valence electrons. The van der Waals surface area contributed by atoms with E-state index in [4.69, 9.17) is 9.47 Å². The summed E-state index contributed by atoms with van der Waals surface area (Å²) in [6.07, 6.45) is 5.38. The van der Waals surface area contributed by atoms with Crippen molar-refractivity contribution in [2.45, 2.75) is 44.4 Å². The van der Waals surface area contributed by atoms with E-state index in [1.54, 1.807) is 0 Å². The topological polar surface area (TPSA) is 54.9 Å². The largest absolute Gasteiger partial charge is 0.381 e. The number of unbranched alkanes of at least 4 members (excludes halogenated alkanes) is 1. The highest BCUT2D eigenvalue weighted by Gasteiger charge is 2.34. The molecule has 1 aromatic carbocycles. The number of guanidine groups is 1. The van der Waals surface area contributed by atoms with Crippen molar-refractivity contribution in [1.82, 2.24) is 10.6 Å². The SMILES string of the molecule is CCCCOCCCNC(=NC)NCC1(c2ccccc2)CCOCC1. The highest BCUT2D eigenvalue weighted by Crippen LogP contribution is 2.34. The molecule has 1 aromatic rings. The number of nitrogens with zero attached hydrogens (tertiary/aromatic N) is 1. The number of nitrogens with one attached hydrogen (secondary N) is 2. The minimum absolute atomic E-state index is 0.112. The van der Waals surface area contributed by atoms with Crippen LogP contribution in [0.4, 0.5) is 0 Å². The smallest absolute Gasteiger partial charge is 0.191 e. The lowest BCUT2D eigenvalue weighted by molar-refractivity contribution is 0.0514.